The normalized spacial score (nSPS) is 12.8. The fraction of sp³-hybridized carbons (Fsp3) is 0.375. The molecule has 0 amide bonds. The Morgan fingerprint density at radius 1 is 1.14 bits per heavy atom. The van der Waals surface area contributed by atoms with Crippen molar-refractivity contribution < 1.29 is 14.6 Å². The number of aromatic amines is 1. The first-order chi connectivity index (χ1) is 13.8. The standard InChI is InChI=1S/C24H30N2O3/c1-24(2,3)26-15-18(27)16-29-23-10-5-4-8-20(23)22(28)12-11-17-7-6-9-21-19(17)13-14-25-21/h4-10,13-14,18,25-27H,11-12,15-16H2,1-3H3. The van der Waals surface area contributed by atoms with E-state index in [1.807, 2.05) is 57.3 Å². The van der Waals surface area contributed by atoms with Gasteiger partial charge in [0.15, 0.2) is 5.78 Å². The van der Waals surface area contributed by atoms with Crippen LogP contribution in [0.1, 0.15) is 43.1 Å². The van der Waals surface area contributed by atoms with Gasteiger partial charge in [-0.2, -0.15) is 0 Å². The Hall–Kier alpha value is -2.63. The van der Waals surface area contributed by atoms with Gasteiger partial charge >= 0.3 is 0 Å². The molecule has 3 N–H and O–H groups in total. The number of para-hydroxylation sites is 1. The van der Waals surface area contributed by atoms with E-state index >= 15 is 0 Å². The lowest BCUT2D eigenvalue weighted by atomic mass is 10.00. The minimum Gasteiger partial charge on any atom is -0.490 e. The second-order valence-electron chi connectivity index (χ2n) is 8.37. The molecule has 5 heteroatoms. The third-order valence-corrected chi connectivity index (χ3v) is 4.79. The summed E-state index contributed by atoms with van der Waals surface area (Å²) in [7, 11) is 0. The molecule has 3 rings (SSSR count). The Kier molecular flexibility index (Phi) is 6.72. The first kappa shape index (κ1) is 21.1. The summed E-state index contributed by atoms with van der Waals surface area (Å²) >= 11 is 0. The number of aromatic nitrogens is 1. The summed E-state index contributed by atoms with van der Waals surface area (Å²) < 4.78 is 5.78. The number of hydrogen-bond acceptors (Lipinski definition) is 4. The molecule has 0 saturated heterocycles. The fourth-order valence-corrected chi connectivity index (χ4v) is 3.24. The van der Waals surface area contributed by atoms with E-state index in [0.29, 0.717) is 30.7 Å². The molecular formula is C24H30N2O3. The number of rotatable bonds is 9. The number of carbonyl (C=O) groups excluding carboxylic acids is 1. The second kappa shape index (κ2) is 9.25. The van der Waals surface area contributed by atoms with Crippen LogP contribution < -0.4 is 10.1 Å². The number of nitrogens with one attached hydrogen (secondary N) is 2. The van der Waals surface area contributed by atoms with Crippen molar-refractivity contribution >= 4 is 16.7 Å². The Balaban J connectivity index is 1.60. The van der Waals surface area contributed by atoms with E-state index in [1.54, 1.807) is 12.1 Å². The molecule has 0 radical (unpaired) electrons. The number of aliphatic hydroxyl groups excluding tert-OH is 1. The highest BCUT2D eigenvalue weighted by Crippen LogP contribution is 2.23. The Morgan fingerprint density at radius 3 is 2.72 bits per heavy atom. The van der Waals surface area contributed by atoms with Crippen molar-refractivity contribution in [3.8, 4) is 5.75 Å². The highest BCUT2D eigenvalue weighted by Gasteiger charge is 2.16. The molecule has 0 saturated carbocycles. The van der Waals surface area contributed by atoms with Gasteiger partial charge in [0.25, 0.3) is 0 Å². The van der Waals surface area contributed by atoms with E-state index in [2.05, 4.69) is 16.4 Å². The number of carbonyl (C=O) groups is 1. The summed E-state index contributed by atoms with van der Waals surface area (Å²) in [6.45, 7) is 6.70. The third-order valence-electron chi connectivity index (χ3n) is 4.79. The molecule has 1 unspecified atom stereocenters. The van der Waals surface area contributed by atoms with E-state index in [9.17, 15) is 9.90 Å². The van der Waals surface area contributed by atoms with E-state index in [-0.39, 0.29) is 17.9 Å². The van der Waals surface area contributed by atoms with Crippen molar-refractivity contribution in [1.29, 1.82) is 0 Å². The maximum atomic E-state index is 12.9. The van der Waals surface area contributed by atoms with Gasteiger partial charge in [0, 0.05) is 35.6 Å². The summed E-state index contributed by atoms with van der Waals surface area (Å²) in [5, 5.41) is 14.6. The van der Waals surface area contributed by atoms with Gasteiger partial charge in [-0.15, -0.1) is 0 Å². The largest absolute Gasteiger partial charge is 0.490 e. The molecule has 0 aliphatic rings. The van der Waals surface area contributed by atoms with Crippen LogP contribution >= 0.6 is 0 Å². The molecule has 154 valence electrons. The van der Waals surface area contributed by atoms with Crippen LogP contribution in [0, 0.1) is 0 Å². The molecule has 0 aliphatic heterocycles. The number of benzene rings is 2. The van der Waals surface area contributed by atoms with Crippen molar-refractivity contribution in [2.75, 3.05) is 13.2 Å². The summed E-state index contributed by atoms with van der Waals surface area (Å²) in [5.74, 6) is 0.558. The monoisotopic (exact) mass is 394 g/mol. The first-order valence-electron chi connectivity index (χ1n) is 10.1. The molecule has 1 aromatic heterocycles. The highest BCUT2D eigenvalue weighted by atomic mass is 16.5. The van der Waals surface area contributed by atoms with Crippen LogP contribution in [0.2, 0.25) is 0 Å². The topological polar surface area (TPSA) is 74.3 Å². The van der Waals surface area contributed by atoms with Crippen LogP contribution in [0.5, 0.6) is 5.75 Å². The van der Waals surface area contributed by atoms with Gasteiger partial charge in [-0.05, 0) is 57.0 Å². The van der Waals surface area contributed by atoms with Gasteiger partial charge in [0.1, 0.15) is 18.5 Å². The van der Waals surface area contributed by atoms with E-state index in [1.165, 1.54) is 0 Å². The number of ketones is 1. The lowest BCUT2D eigenvalue weighted by Gasteiger charge is -2.23. The van der Waals surface area contributed by atoms with E-state index < -0.39 is 6.10 Å². The smallest absolute Gasteiger partial charge is 0.166 e. The fourth-order valence-electron chi connectivity index (χ4n) is 3.24. The minimum atomic E-state index is -0.649. The van der Waals surface area contributed by atoms with Gasteiger partial charge in [-0.25, -0.2) is 0 Å². The lowest BCUT2D eigenvalue weighted by Crippen LogP contribution is -2.42. The Labute approximate surface area is 172 Å². The summed E-state index contributed by atoms with van der Waals surface area (Å²) in [6, 6.07) is 15.4. The Bertz CT molecular complexity index is 956. The maximum absolute atomic E-state index is 12.9. The van der Waals surface area contributed by atoms with Gasteiger partial charge in [0.05, 0.1) is 5.56 Å². The van der Waals surface area contributed by atoms with Crippen molar-refractivity contribution in [3.05, 3.63) is 65.9 Å². The predicted molar refractivity (Wildman–Crippen MR) is 117 cm³/mol. The van der Waals surface area contributed by atoms with Crippen molar-refractivity contribution in [1.82, 2.24) is 10.3 Å². The average Bonchev–Trinajstić information content (AvgIpc) is 3.18. The van der Waals surface area contributed by atoms with Crippen LogP contribution in [-0.4, -0.2) is 40.7 Å². The van der Waals surface area contributed by atoms with Crippen molar-refractivity contribution in [3.63, 3.8) is 0 Å². The van der Waals surface area contributed by atoms with Gasteiger partial charge in [0.2, 0.25) is 0 Å². The number of fused-ring (bicyclic) bond motifs is 1. The zero-order valence-corrected chi connectivity index (χ0v) is 17.4. The number of β-amino-alcohol motifs (C(OH)–C–C–N with tert-alkyl or cyclic N) is 1. The number of H-pyrrole nitrogens is 1. The second-order valence-corrected chi connectivity index (χ2v) is 8.37. The quantitative estimate of drug-likeness (QED) is 0.478. The third kappa shape index (κ3) is 5.92. The van der Waals surface area contributed by atoms with Crippen molar-refractivity contribution in [2.24, 2.45) is 0 Å². The molecular weight excluding hydrogens is 364 g/mol. The van der Waals surface area contributed by atoms with Gasteiger partial charge < -0.3 is 20.1 Å². The molecule has 1 heterocycles. The minimum absolute atomic E-state index is 0.0374. The summed E-state index contributed by atoms with van der Waals surface area (Å²) in [4.78, 5) is 16.1. The van der Waals surface area contributed by atoms with Gasteiger partial charge in [-0.1, -0.05) is 24.3 Å². The number of ether oxygens (including phenoxy) is 1. The number of aryl methyl sites for hydroxylation is 1. The highest BCUT2D eigenvalue weighted by molar-refractivity contribution is 5.99. The predicted octanol–water partition coefficient (Wildman–Crippen LogP) is 4.11. The summed E-state index contributed by atoms with van der Waals surface area (Å²) in [5.41, 5.74) is 2.72. The SMILES string of the molecule is CC(C)(C)NCC(O)COc1ccccc1C(=O)CCc1cccc2[nH]ccc12. The molecule has 0 spiro atoms. The summed E-state index contributed by atoms with van der Waals surface area (Å²) in [6.07, 6.45) is 2.33. The average molecular weight is 395 g/mol. The molecule has 29 heavy (non-hydrogen) atoms. The Morgan fingerprint density at radius 2 is 1.93 bits per heavy atom. The molecule has 0 fully saturated rings. The zero-order valence-electron chi connectivity index (χ0n) is 17.4. The molecule has 0 bridgehead atoms. The van der Waals surface area contributed by atoms with E-state index in [0.717, 1.165) is 16.5 Å². The zero-order chi connectivity index (χ0) is 20.9. The van der Waals surface area contributed by atoms with Crippen LogP contribution in [-0.2, 0) is 6.42 Å². The van der Waals surface area contributed by atoms with Crippen LogP contribution in [0.4, 0.5) is 0 Å². The number of Topliss-reactive ketones (excluding diaryl/α,β-unsaturated/α-hetero) is 1. The molecule has 3 aromatic rings. The van der Waals surface area contributed by atoms with E-state index in [4.69, 9.17) is 4.74 Å². The number of hydrogen-bond donors (Lipinski definition) is 3. The molecule has 5 nitrogen and oxygen atoms in total. The van der Waals surface area contributed by atoms with Crippen LogP contribution in [0.3, 0.4) is 0 Å². The number of aliphatic hydroxyl groups is 1. The molecule has 1 atom stereocenters. The molecule has 0 aliphatic carbocycles. The van der Waals surface area contributed by atoms with Gasteiger partial charge in [-0.3, -0.25) is 4.79 Å². The molecule has 2 aromatic carbocycles. The lowest BCUT2D eigenvalue weighted by molar-refractivity contribution is 0.0933. The van der Waals surface area contributed by atoms with Crippen molar-refractivity contribution in [2.45, 2.75) is 45.3 Å². The van der Waals surface area contributed by atoms with Crippen LogP contribution in [0.15, 0.2) is 54.7 Å². The maximum Gasteiger partial charge on any atom is 0.166 e. The first-order valence-corrected chi connectivity index (χ1v) is 10.1. The van der Waals surface area contributed by atoms with Crippen LogP contribution in [0.25, 0.3) is 10.9 Å².